The summed E-state index contributed by atoms with van der Waals surface area (Å²) in [5.74, 6) is 1.21. The van der Waals surface area contributed by atoms with Crippen LogP contribution in [-0.2, 0) is 16.0 Å². The minimum Gasteiger partial charge on any atom is -0.339 e. The molecule has 0 radical (unpaired) electrons. The van der Waals surface area contributed by atoms with Crippen LogP contribution in [0.3, 0.4) is 0 Å². The lowest BCUT2D eigenvalue weighted by molar-refractivity contribution is -0.144. The van der Waals surface area contributed by atoms with E-state index in [0.717, 1.165) is 24.9 Å². The Bertz CT molecular complexity index is 662. The Kier molecular flexibility index (Phi) is 5.18. The number of piperidine rings is 2. The molecule has 1 aliphatic carbocycles. The van der Waals surface area contributed by atoms with Crippen molar-refractivity contribution in [2.75, 3.05) is 32.7 Å². The molecule has 5 rings (SSSR count). The highest BCUT2D eigenvalue weighted by molar-refractivity contribution is 6.30. The van der Waals surface area contributed by atoms with Crippen LogP contribution in [0.15, 0.2) is 24.3 Å². The topological polar surface area (TPSA) is 52.7 Å². The third-order valence-electron chi connectivity index (χ3n) is 6.16. The molecule has 6 heteroatoms. The standard InChI is InChI=1S/C20H26ClN3O2/c21-16-4-1-14(2-5-16)12-19(25)23-7-9-24(10-8-23)20(26)17-11-15-3-6-18(17)22-13-15/h1-2,4-5,15,17-18,22H,3,6-13H2. The van der Waals surface area contributed by atoms with Crippen molar-refractivity contribution in [2.24, 2.45) is 11.8 Å². The molecule has 1 N–H and O–H groups in total. The van der Waals surface area contributed by atoms with Gasteiger partial charge in [0.05, 0.1) is 12.3 Å². The fourth-order valence-corrected chi connectivity index (χ4v) is 4.70. The lowest BCUT2D eigenvalue weighted by atomic mass is 9.73. The Morgan fingerprint density at radius 3 is 2.31 bits per heavy atom. The number of piperazine rings is 1. The van der Waals surface area contributed by atoms with Crippen LogP contribution in [0.25, 0.3) is 0 Å². The van der Waals surface area contributed by atoms with Crippen LogP contribution in [0.2, 0.25) is 5.02 Å². The van der Waals surface area contributed by atoms with Gasteiger partial charge in [0.1, 0.15) is 0 Å². The first-order valence-electron chi connectivity index (χ1n) is 9.64. The molecule has 2 bridgehead atoms. The number of hydrogen-bond acceptors (Lipinski definition) is 3. The molecule has 3 atom stereocenters. The molecule has 3 heterocycles. The van der Waals surface area contributed by atoms with Gasteiger partial charge in [0.25, 0.3) is 0 Å². The summed E-state index contributed by atoms with van der Waals surface area (Å²) in [4.78, 5) is 29.3. The summed E-state index contributed by atoms with van der Waals surface area (Å²) in [6.45, 7) is 3.64. The van der Waals surface area contributed by atoms with Crippen molar-refractivity contribution in [2.45, 2.75) is 31.7 Å². The predicted octanol–water partition coefficient (Wildman–Crippen LogP) is 1.94. The smallest absolute Gasteiger partial charge is 0.227 e. The lowest BCUT2D eigenvalue weighted by Crippen LogP contribution is -2.58. The SMILES string of the molecule is O=C(Cc1ccc(Cl)cc1)N1CCN(C(=O)C2CC3CCC2NC3)CC1. The number of benzene rings is 1. The van der Waals surface area contributed by atoms with Gasteiger partial charge in [0.2, 0.25) is 11.8 Å². The van der Waals surface area contributed by atoms with E-state index in [-0.39, 0.29) is 17.7 Å². The molecule has 3 aliphatic heterocycles. The molecule has 5 nitrogen and oxygen atoms in total. The van der Waals surface area contributed by atoms with Crippen molar-refractivity contribution >= 4 is 23.4 Å². The number of nitrogens with one attached hydrogen (secondary N) is 1. The summed E-state index contributed by atoms with van der Waals surface area (Å²) in [5, 5.41) is 4.21. The van der Waals surface area contributed by atoms with Gasteiger partial charge < -0.3 is 15.1 Å². The highest BCUT2D eigenvalue weighted by atomic mass is 35.5. The number of halogens is 1. The fourth-order valence-electron chi connectivity index (χ4n) is 4.58. The molecule has 4 fully saturated rings. The maximum Gasteiger partial charge on any atom is 0.227 e. The van der Waals surface area contributed by atoms with Gasteiger partial charge >= 0.3 is 0 Å². The Morgan fingerprint density at radius 1 is 1.04 bits per heavy atom. The summed E-state index contributed by atoms with van der Waals surface area (Å²) in [6.07, 6.45) is 3.81. The van der Waals surface area contributed by atoms with Crippen LogP contribution < -0.4 is 5.32 Å². The first kappa shape index (κ1) is 17.8. The van der Waals surface area contributed by atoms with Crippen LogP contribution in [0, 0.1) is 11.8 Å². The van der Waals surface area contributed by atoms with Crippen molar-refractivity contribution in [1.82, 2.24) is 15.1 Å². The number of amides is 2. The molecule has 26 heavy (non-hydrogen) atoms. The normalized spacial score (nSPS) is 28.3. The molecule has 0 aromatic heterocycles. The molecule has 2 amide bonds. The zero-order valence-corrected chi connectivity index (χ0v) is 15.8. The van der Waals surface area contributed by atoms with Gasteiger partial charge in [-0.3, -0.25) is 9.59 Å². The van der Waals surface area contributed by atoms with Gasteiger partial charge in [0, 0.05) is 37.2 Å². The zero-order valence-electron chi connectivity index (χ0n) is 15.0. The molecule has 0 spiro atoms. The lowest BCUT2D eigenvalue weighted by Gasteiger charge is -2.45. The highest BCUT2D eigenvalue weighted by Gasteiger charge is 2.41. The average molecular weight is 376 g/mol. The van der Waals surface area contributed by atoms with Gasteiger partial charge in [-0.1, -0.05) is 23.7 Å². The minimum absolute atomic E-state index is 0.123. The van der Waals surface area contributed by atoms with E-state index in [1.54, 1.807) is 0 Å². The molecule has 3 unspecified atom stereocenters. The third-order valence-corrected chi connectivity index (χ3v) is 6.41. The molecule has 1 aromatic carbocycles. The van der Waals surface area contributed by atoms with E-state index in [1.807, 2.05) is 34.1 Å². The number of carbonyl (C=O) groups excluding carboxylic acids is 2. The van der Waals surface area contributed by atoms with Crippen molar-refractivity contribution < 1.29 is 9.59 Å². The van der Waals surface area contributed by atoms with E-state index in [9.17, 15) is 9.59 Å². The molecular weight excluding hydrogens is 350 g/mol. The molecule has 140 valence electrons. The molecule has 4 aliphatic rings. The third kappa shape index (κ3) is 3.74. The van der Waals surface area contributed by atoms with Gasteiger partial charge in [-0.2, -0.15) is 0 Å². The highest BCUT2D eigenvalue weighted by Crippen LogP contribution is 2.34. The van der Waals surface area contributed by atoms with Crippen LogP contribution >= 0.6 is 11.6 Å². The van der Waals surface area contributed by atoms with Crippen molar-refractivity contribution in [1.29, 1.82) is 0 Å². The van der Waals surface area contributed by atoms with Crippen molar-refractivity contribution in [3.8, 4) is 0 Å². The maximum absolute atomic E-state index is 12.9. The van der Waals surface area contributed by atoms with E-state index in [4.69, 9.17) is 11.6 Å². The molecule has 1 saturated carbocycles. The fraction of sp³-hybridized carbons (Fsp3) is 0.600. The van der Waals surface area contributed by atoms with Gasteiger partial charge in [-0.05, 0) is 49.4 Å². The first-order chi connectivity index (χ1) is 12.6. The van der Waals surface area contributed by atoms with Crippen LogP contribution in [0.4, 0.5) is 0 Å². The second-order valence-corrected chi connectivity index (χ2v) is 8.25. The summed E-state index contributed by atoms with van der Waals surface area (Å²) in [6, 6.07) is 7.77. The summed E-state index contributed by atoms with van der Waals surface area (Å²) < 4.78 is 0. The Labute approximate surface area is 159 Å². The van der Waals surface area contributed by atoms with Gasteiger partial charge in [0.15, 0.2) is 0 Å². The predicted molar refractivity (Wildman–Crippen MR) is 101 cm³/mol. The number of fused-ring (bicyclic) bond motifs is 3. The van der Waals surface area contributed by atoms with E-state index < -0.39 is 0 Å². The summed E-state index contributed by atoms with van der Waals surface area (Å²) >= 11 is 5.89. The average Bonchev–Trinajstić information content (AvgIpc) is 2.70. The van der Waals surface area contributed by atoms with Crippen molar-refractivity contribution in [3.63, 3.8) is 0 Å². The second-order valence-electron chi connectivity index (χ2n) is 7.81. The van der Waals surface area contributed by atoms with E-state index >= 15 is 0 Å². The quantitative estimate of drug-likeness (QED) is 0.878. The van der Waals surface area contributed by atoms with Gasteiger partial charge in [-0.15, -0.1) is 0 Å². The number of carbonyl (C=O) groups is 2. The molecule has 3 saturated heterocycles. The van der Waals surface area contributed by atoms with Crippen LogP contribution in [0.5, 0.6) is 0 Å². The first-order valence-corrected chi connectivity index (χ1v) is 10.0. The van der Waals surface area contributed by atoms with Crippen molar-refractivity contribution in [3.05, 3.63) is 34.9 Å². The van der Waals surface area contributed by atoms with Crippen LogP contribution in [0.1, 0.15) is 24.8 Å². The number of rotatable bonds is 3. The largest absolute Gasteiger partial charge is 0.339 e. The Hall–Kier alpha value is -1.59. The summed E-state index contributed by atoms with van der Waals surface area (Å²) in [7, 11) is 0. The number of hydrogen-bond donors (Lipinski definition) is 1. The van der Waals surface area contributed by atoms with E-state index in [2.05, 4.69) is 5.32 Å². The number of nitrogens with zero attached hydrogens (tertiary/aromatic N) is 2. The monoisotopic (exact) mass is 375 g/mol. The Balaban J connectivity index is 1.29. The maximum atomic E-state index is 12.9. The van der Waals surface area contributed by atoms with E-state index in [1.165, 1.54) is 6.42 Å². The molecular formula is C20H26ClN3O2. The van der Waals surface area contributed by atoms with Gasteiger partial charge in [-0.25, -0.2) is 0 Å². The summed E-state index contributed by atoms with van der Waals surface area (Å²) in [5.41, 5.74) is 0.974. The van der Waals surface area contributed by atoms with Crippen LogP contribution in [-0.4, -0.2) is 60.4 Å². The van der Waals surface area contributed by atoms with E-state index in [0.29, 0.717) is 49.6 Å². The molecule has 1 aromatic rings. The minimum atomic E-state index is 0.123. The zero-order chi connectivity index (χ0) is 18.1. The Morgan fingerprint density at radius 2 is 1.73 bits per heavy atom. The second kappa shape index (κ2) is 7.57.